The number of aryl methyl sites for hydroxylation is 1. The highest BCUT2D eigenvalue weighted by Gasteiger charge is 2.22. The Morgan fingerprint density at radius 2 is 1.89 bits per heavy atom. The number of anilines is 1. The maximum Gasteiger partial charge on any atom is 0.240 e. The lowest BCUT2D eigenvalue weighted by Crippen LogP contribution is -3.00. The number of hydrogen-bond acceptors (Lipinski definition) is 2. The van der Waals surface area contributed by atoms with Crippen LogP contribution in [-0.4, -0.2) is 37.1 Å². The minimum Gasteiger partial charge on any atom is -1.00 e. The van der Waals surface area contributed by atoms with Crippen molar-refractivity contribution in [3.05, 3.63) is 48.3 Å². The van der Waals surface area contributed by atoms with Gasteiger partial charge in [-0.15, -0.1) is 0 Å². The Bertz CT molecular complexity index is 1100. The number of H-pyrrole nitrogens is 1. The van der Waals surface area contributed by atoms with E-state index in [1.807, 2.05) is 19.2 Å². The number of halogens is 2. The molecule has 0 spiro atoms. The van der Waals surface area contributed by atoms with Gasteiger partial charge in [-0.05, 0) is 51.3 Å². The van der Waals surface area contributed by atoms with Gasteiger partial charge in [0.25, 0.3) is 0 Å². The normalized spacial score (nSPS) is 11.4. The Hall–Kier alpha value is -1.93. The molecule has 0 fully saturated rings. The second-order valence-electron chi connectivity index (χ2n) is 7.07. The number of para-hydroxylation sites is 1. The molecule has 0 aliphatic carbocycles. The predicted molar refractivity (Wildman–Crippen MR) is 106 cm³/mol. The molecule has 0 unspecified atom stereocenters. The van der Waals surface area contributed by atoms with Crippen molar-refractivity contribution in [1.82, 2.24) is 9.88 Å². The minimum absolute atomic E-state index is 0. The molecule has 4 rings (SSSR count). The first-order valence-corrected chi connectivity index (χ1v) is 8.96. The van der Waals surface area contributed by atoms with Crippen LogP contribution in [0.25, 0.3) is 32.8 Å². The van der Waals surface area contributed by atoms with Gasteiger partial charge in [0.15, 0.2) is 0 Å². The highest BCUT2D eigenvalue weighted by Crippen LogP contribution is 2.33. The maximum atomic E-state index is 13.9. The highest BCUT2D eigenvalue weighted by molar-refractivity contribution is 6.13. The van der Waals surface area contributed by atoms with Crippen molar-refractivity contribution >= 4 is 38.5 Å². The molecule has 0 atom stereocenters. The molecule has 142 valence electrons. The number of aromatic nitrogens is 2. The van der Waals surface area contributed by atoms with Crippen LogP contribution in [0.5, 0.6) is 0 Å². The third-order valence-electron chi connectivity index (χ3n) is 4.94. The van der Waals surface area contributed by atoms with Crippen LogP contribution in [0.1, 0.15) is 6.42 Å². The summed E-state index contributed by atoms with van der Waals surface area (Å²) < 4.78 is 16.0. The van der Waals surface area contributed by atoms with Crippen LogP contribution >= 0.6 is 0 Å². The molecule has 4 nitrogen and oxygen atoms in total. The van der Waals surface area contributed by atoms with Crippen molar-refractivity contribution in [3.8, 4) is 0 Å². The van der Waals surface area contributed by atoms with E-state index < -0.39 is 0 Å². The van der Waals surface area contributed by atoms with E-state index in [4.69, 9.17) is 0 Å². The van der Waals surface area contributed by atoms with Gasteiger partial charge in [0.1, 0.15) is 18.4 Å². The average Bonchev–Trinajstić information content (AvgIpc) is 2.99. The zero-order valence-corrected chi connectivity index (χ0v) is 18.0. The van der Waals surface area contributed by atoms with Crippen molar-refractivity contribution in [3.63, 3.8) is 0 Å². The lowest BCUT2D eigenvalue weighted by molar-refractivity contribution is -0.616. The molecular formula is C21H24FIN4. The number of nitrogens with one attached hydrogen (secondary N) is 2. The molecule has 2 heterocycles. The molecule has 2 aromatic heterocycles. The van der Waals surface area contributed by atoms with Gasteiger partial charge in [-0.3, -0.25) is 0 Å². The Balaban J connectivity index is 0.00000210. The molecule has 4 aromatic rings. The van der Waals surface area contributed by atoms with Gasteiger partial charge in [-0.25, -0.2) is 4.39 Å². The van der Waals surface area contributed by atoms with Crippen LogP contribution in [0.3, 0.4) is 0 Å². The van der Waals surface area contributed by atoms with Gasteiger partial charge in [0, 0.05) is 12.6 Å². The van der Waals surface area contributed by atoms with E-state index >= 15 is 0 Å². The van der Waals surface area contributed by atoms with E-state index in [2.05, 4.69) is 52.1 Å². The van der Waals surface area contributed by atoms with E-state index in [0.29, 0.717) is 0 Å². The number of fused-ring (bicyclic) bond motifs is 4. The van der Waals surface area contributed by atoms with Crippen LogP contribution in [0, 0.1) is 5.82 Å². The monoisotopic (exact) mass is 478 g/mol. The summed E-state index contributed by atoms with van der Waals surface area (Å²) in [4.78, 5) is 5.68. The SMILES string of the molecule is CN(C)CCCNc1c2ccccc2[n+](C)c2c1[nH]c1ccc(F)cc12.[I-]. The fourth-order valence-corrected chi connectivity index (χ4v) is 3.70. The minimum atomic E-state index is -0.216. The summed E-state index contributed by atoms with van der Waals surface area (Å²) in [5, 5.41) is 5.70. The van der Waals surface area contributed by atoms with Crippen LogP contribution < -0.4 is 33.9 Å². The molecule has 0 amide bonds. The topological polar surface area (TPSA) is 34.9 Å². The molecule has 0 saturated carbocycles. The van der Waals surface area contributed by atoms with E-state index in [1.54, 1.807) is 6.07 Å². The quantitative estimate of drug-likeness (QED) is 0.253. The Labute approximate surface area is 175 Å². The Kier molecular flexibility index (Phi) is 5.86. The van der Waals surface area contributed by atoms with Crippen molar-refractivity contribution in [2.75, 3.05) is 32.5 Å². The summed E-state index contributed by atoms with van der Waals surface area (Å²) >= 11 is 0. The fourth-order valence-electron chi connectivity index (χ4n) is 3.70. The summed E-state index contributed by atoms with van der Waals surface area (Å²) in [6.07, 6.45) is 1.05. The molecule has 2 aromatic carbocycles. The maximum absolute atomic E-state index is 13.9. The van der Waals surface area contributed by atoms with Gasteiger partial charge in [0.2, 0.25) is 11.0 Å². The number of pyridine rings is 1. The first-order valence-electron chi connectivity index (χ1n) is 8.96. The smallest absolute Gasteiger partial charge is 0.240 e. The summed E-state index contributed by atoms with van der Waals surface area (Å²) in [5.74, 6) is -0.216. The van der Waals surface area contributed by atoms with Crippen molar-refractivity contribution in [2.45, 2.75) is 6.42 Å². The molecule has 0 aliphatic rings. The van der Waals surface area contributed by atoms with Crippen LogP contribution in [0.15, 0.2) is 42.5 Å². The zero-order valence-electron chi connectivity index (χ0n) is 15.8. The van der Waals surface area contributed by atoms with Gasteiger partial charge in [0.05, 0.1) is 22.0 Å². The van der Waals surface area contributed by atoms with Gasteiger partial charge >= 0.3 is 0 Å². The number of hydrogen-bond donors (Lipinski definition) is 2. The second-order valence-corrected chi connectivity index (χ2v) is 7.07. The summed E-state index contributed by atoms with van der Waals surface area (Å²) in [5.41, 5.74) is 5.21. The molecular weight excluding hydrogens is 454 g/mol. The fraction of sp³-hybridized carbons (Fsp3) is 0.286. The first kappa shape index (κ1) is 19.8. The highest BCUT2D eigenvalue weighted by atomic mass is 127. The molecule has 2 N–H and O–H groups in total. The number of benzene rings is 2. The zero-order chi connectivity index (χ0) is 18.3. The summed E-state index contributed by atoms with van der Waals surface area (Å²) in [6.45, 7) is 1.92. The standard InChI is InChI=1S/C21H23FN4.HI/c1-25(2)12-6-11-23-19-15-7-4-5-8-18(15)26(3)21-16-13-14(22)9-10-17(16)24-20(19)21;/h4-5,7-10,13H,6,11-12H2,1-3H3,(H,23,24);1H. The molecule has 0 saturated heterocycles. The molecule has 27 heavy (non-hydrogen) atoms. The summed E-state index contributed by atoms with van der Waals surface area (Å²) in [6, 6.07) is 13.3. The average molecular weight is 478 g/mol. The van der Waals surface area contributed by atoms with Gasteiger partial charge < -0.3 is 39.2 Å². The Morgan fingerprint density at radius 1 is 1.11 bits per heavy atom. The van der Waals surface area contributed by atoms with Crippen LogP contribution in [0.4, 0.5) is 10.1 Å². The van der Waals surface area contributed by atoms with Crippen molar-refractivity contribution < 1.29 is 32.9 Å². The van der Waals surface area contributed by atoms with Crippen LogP contribution in [0.2, 0.25) is 0 Å². The lowest BCUT2D eigenvalue weighted by atomic mass is 10.1. The number of aromatic amines is 1. The number of rotatable bonds is 5. The van der Waals surface area contributed by atoms with Crippen LogP contribution in [-0.2, 0) is 7.05 Å². The Morgan fingerprint density at radius 3 is 2.67 bits per heavy atom. The largest absolute Gasteiger partial charge is 1.00 e. The van der Waals surface area contributed by atoms with Gasteiger partial charge in [-0.1, -0.05) is 12.1 Å². The lowest BCUT2D eigenvalue weighted by Gasteiger charge is -2.12. The first-order chi connectivity index (χ1) is 12.6. The van der Waals surface area contributed by atoms with E-state index in [1.165, 1.54) is 11.5 Å². The molecule has 6 heteroatoms. The second kappa shape index (κ2) is 7.98. The predicted octanol–water partition coefficient (Wildman–Crippen LogP) is 0.806. The molecule has 0 aliphatic heterocycles. The molecule has 0 bridgehead atoms. The third-order valence-corrected chi connectivity index (χ3v) is 4.94. The third kappa shape index (κ3) is 3.60. The van der Waals surface area contributed by atoms with E-state index in [9.17, 15) is 4.39 Å². The van der Waals surface area contributed by atoms with Crippen molar-refractivity contribution in [1.29, 1.82) is 0 Å². The van der Waals surface area contributed by atoms with Gasteiger partial charge in [-0.2, -0.15) is 4.57 Å². The van der Waals surface area contributed by atoms with E-state index in [-0.39, 0.29) is 29.8 Å². The van der Waals surface area contributed by atoms with Crippen molar-refractivity contribution in [2.24, 2.45) is 7.05 Å². The van der Waals surface area contributed by atoms with E-state index in [0.717, 1.165) is 52.7 Å². The summed E-state index contributed by atoms with van der Waals surface area (Å²) in [7, 11) is 6.21. The number of nitrogens with zero attached hydrogens (tertiary/aromatic N) is 2. The molecule has 0 radical (unpaired) electrons.